The molecular weight excluding hydrogens is 253 g/mol. The molecule has 2 atom stereocenters. The zero-order valence-corrected chi connectivity index (χ0v) is 11.3. The molecule has 0 heterocycles. The van der Waals surface area contributed by atoms with Crippen LogP contribution in [0.3, 0.4) is 0 Å². The molecule has 1 aliphatic carbocycles. The number of ether oxygens (including phenoxy) is 1. The number of halogens is 2. The molecule has 100 valence electrons. The Balaban J connectivity index is 1.91. The molecule has 1 aromatic carbocycles. The fraction of sp³-hybridized carbons (Fsp3) is 0.571. The van der Waals surface area contributed by atoms with Gasteiger partial charge < -0.3 is 10.1 Å². The molecule has 1 aromatic rings. The summed E-state index contributed by atoms with van der Waals surface area (Å²) in [5.74, 6) is -0.368. The van der Waals surface area contributed by atoms with E-state index in [-0.39, 0.29) is 16.9 Å². The molecule has 18 heavy (non-hydrogen) atoms. The van der Waals surface area contributed by atoms with Gasteiger partial charge in [-0.2, -0.15) is 0 Å². The normalized spacial score (nSPS) is 24.2. The van der Waals surface area contributed by atoms with Gasteiger partial charge >= 0.3 is 0 Å². The number of methoxy groups -OCH3 is 1. The van der Waals surface area contributed by atoms with Crippen LogP contribution in [0.4, 0.5) is 4.39 Å². The van der Waals surface area contributed by atoms with Crippen LogP contribution in [0, 0.1) is 5.82 Å². The van der Waals surface area contributed by atoms with E-state index in [0.29, 0.717) is 12.6 Å². The molecule has 0 spiro atoms. The highest BCUT2D eigenvalue weighted by atomic mass is 35.5. The zero-order chi connectivity index (χ0) is 13.0. The maximum Gasteiger partial charge on any atom is 0.141 e. The lowest BCUT2D eigenvalue weighted by Crippen LogP contribution is -2.42. The van der Waals surface area contributed by atoms with Crippen molar-refractivity contribution < 1.29 is 9.13 Å². The minimum Gasteiger partial charge on any atom is -0.380 e. The summed E-state index contributed by atoms with van der Waals surface area (Å²) in [5, 5.41) is 3.66. The molecule has 0 bridgehead atoms. The number of hydrogen-bond donors (Lipinski definition) is 1. The highest BCUT2D eigenvalue weighted by molar-refractivity contribution is 6.30. The molecule has 2 rings (SSSR count). The summed E-state index contributed by atoms with van der Waals surface area (Å²) in [4.78, 5) is 0. The smallest absolute Gasteiger partial charge is 0.141 e. The predicted octanol–water partition coefficient (Wildman–Crippen LogP) is 3.53. The van der Waals surface area contributed by atoms with Gasteiger partial charge in [0.05, 0.1) is 11.1 Å². The van der Waals surface area contributed by atoms with Crippen LogP contribution in [0.25, 0.3) is 0 Å². The van der Waals surface area contributed by atoms with Crippen LogP contribution in [0.5, 0.6) is 0 Å². The third kappa shape index (κ3) is 3.44. The van der Waals surface area contributed by atoms with E-state index in [1.807, 2.05) is 0 Å². The van der Waals surface area contributed by atoms with Gasteiger partial charge in [-0.15, -0.1) is 0 Å². The number of benzene rings is 1. The standard InChI is InChI=1S/C14H19ClFNO/c1-18-14-5-3-2-4-13(14)17-9-10-6-7-12(16)11(15)8-10/h6-8,13-14,17H,2-5,9H2,1H3. The van der Waals surface area contributed by atoms with E-state index in [9.17, 15) is 4.39 Å². The minimum atomic E-state index is -0.368. The molecule has 2 nitrogen and oxygen atoms in total. The van der Waals surface area contributed by atoms with Gasteiger partial charge in [0.15, 0.2) is 0 Å². The summed E-state index contributed by atoms with van der Waals surface area (Å²) in [6.07, 6.45) is 5.00. The average Bonchev–Trinajstić information content (AvgIpc) is 2.40. The van der Waals surface area contributed by atoms with Crippen LogP contribution in [0.15, 0.2) is 18.2 Å². The second-order valence-corrected chi connectivity index (χ2v) is 5.20. The topological polar surface area (TPSA) is 21.3 Å². The molecule has 0 aromatic heterocycles. The van der Waals surface area contributed by atoms with Crippen LogP contribution in [0.2, 0.25) is 5.02 Å². The van der Waals surface area contributed by atoms with Crippen molar-refractivity contribution in [2.24, 2.45) is 0 Å². The average molecular weight is 272 g/mol. The van der Waals surface area contributed by atoms with Crippen molar-refractivity contribution in [3.63, 3.8) is 0 Å². The van der Waals surface area contributed by atoms with Crippen LogP contribution < -0.4 is 5.32 Å². The second-order valence-electron chi connectivity index (χ2n) is 4.79. The Hall–Kier alpha value is -0.640. The van der Waals surface area contributed by atoms with Gasteiger partial charge in [-0.1, -0.05) is 30.5 Å². The molecule has 1 saturated carbocycles. The maximum atomic E-state index is 13.0. The van der Waals surface area contributed by atoms with Crippen molar-refractivity contribution >= 4 is 11.6 Å². The van der Waals surface area contributed by atoms with E-state index < -0.39 is 0 Å². The van der Waals surface area contributed by atoms with Gasteiger partial charge in [0.2, 0.25) is 0 Å². The van der Waals surface area contributed by atoms with Gasteiger partial charge in [-0.05, 0) is 30.5 Å². The van der Waals surface area contributed by atoms with Gasteiger partial charge in [0, 0.05) is 19.7 Å². The van der Waals surface area contributed by atoms with E-state index in [4.69, 9.17) is 16.3 Å². The minimum absolute atomic E-state index is 0.182. The lowest BCUT2D eigenvalue weighted by Gasteiger charge is -2.31. The summed E-state index contributed by atoms with van der Waals surface area (Å²) >= 11 is 5.76. The van der Waals surface area contributed by atoms with Crippen molar-refractivity contribution in [2.75, 3.05) is 7.11 Å². The summed E-state index contributed by atoms with van der Waals surface area (Å²) in [5.41, 5.74) is 1.00. The number of nitrogens with one attached hydrogen (secondary N) is 1. The molecular formula is C14H19ClFNO. The monoisotopic (exact) mass is 271 g/mol. The fourth-order valence-electron chi connectivity index (χ4n) is 2.51. The Bertz CT molecular complexity index is 399. The predicted molar refractivity (Wildman–Crippen MR) is 71.3 cm³/mol. The van der Waals surface area contributed by atoms with Crippen LogP contribution in [-0.2, 0) is 11.3 Å². The number of rotatable bonds is 4. The van der Waals surface area contributed by atoms with Gasteiger partial charge in [0.1, 0.15) is 5.82 Å². The van der Waals surface area contributed by atoms with Gasteiger partial charge in [-0.25, -0.2) is 4.39 Å². The number of hydrogen-bond acceptors (Lipinski definition) is 2. The fourth-order valence-corrected chi connectivity index (χ4v) is 2.71. The van der Waals surface area contributed by atoms with Crippen LogP contribution >= 0.6 is 11.6 Å². The summed E-state index contributed by atoms with van der Waals surface area (Å²) in [6.45, 7) is 0.699. The van der Waals surface area contributed by atoms with Crippen molar-refractivity contribution in [3.8, 4) is 0 Å². The molecule has 0 saturated heterocycles. The van der Waals surface area contributed by atoms with Crippen LogP contribution in [0.1, 0.15) is 31.2 Å². The van der Waals surface area contributed by atoms with Crippen molar-refractivity contribution in [1.82, 2.24) is 5.32 Å². The third-order valence-electron chi connectivity index (χ3n) is 3.56. The molecule has 0 radical (unpaired) electrons. The van der Waals surface area contributed by atoms with Crippen molar-refractivity contribution in [2.45, 2.75) is 44.4 Å². The molecule has 2 unspecified atom stereocenters. The summed E-state index contributed by atoms with van der Waals surface area (Å²) in [7, 11) is 1.76. The Morgan fingerprint density at radius 3 is 2.89 bits per heavy atom. The van der Waals surface area contributed by atoms with Crippen LogP contribution in [-0.4, -0.2) is 19.3 Å². The molecule has 4 heteroatoms. The molecule has 1 aliphatic rings. The van der Waals surface area contributed by atoms with Gasteiger partial charge in [-0.3, -0.25) is 0 Å². The van der Waals surface area contributed by atoms with E-state index in [2.05, 4.69) is 5.32 Å². The Morgan fingerprint density at radius 2 is 2.17 bits per heavy atom. The van der Waals surface area contributed by atoms with Gasteiger partial charge in [0.25, 0.3) is 0 Å². The van der Waals surface area contributed by atoms with E-state index in [0.717, 1.165) is 18.4 Å². The van der Waals surface area contributed by atoms with E-state index in [1.54, 1.807) is 19.2 Å². The van der Waals surface area contributed by atoms with Crippen molar-refractivity contribution in [1.29, 1.82) is 0 Å². The molecule has 0 aliphatic heterocycles. The first-order valence-corrected chi connectivity index (χ1v) is 6.78. The molecule has 1 fully saturated rings. The van der Waals surface area contributed by atoms with Crippen molar-refractivity contribution in [3.05, 3.63) is 34.6 Å². The molecule has 0 amide bonds. The highest BCUT2D eigenvalue weighted by Gasteiger charge is 2.24. The Labute approximate surface area is 112 Å². The first-order valence-electron chi connectivity index (χ1n) is 6.41. The lowest BCUT2D eigenvalue weighted by molar-refractivity contribution is 0.0413. The first-order chi connectivity index (χ1) is 8.70. The summed E-state index contributed by atoms with van der Waals surface area (Å²) < 4.78 is 18.5. The molecule has 1 N–H and O–H groups in total. The first kappa shape index (κ1) is 13.8. The zero-order valence-electron chi connectivity index (χ0n) is 10.6. The second kappa shape index (κ2) is 6.50. The summed E-state index contributed by atoms with van der Waals surface area (Å²) in [6, 6.07) is 5.23. The lowest BCUT2D eigenvalue weighted by atomic mass is 9.92. The Kier molecular flexibility index (Phi) is 4.98. The quantitative estimate of drug-likeness (QED) is 0.905. The maximum absolute atomic E-state index is 13.0. The Morgan fingerprint density at radius 1 is 1.39 bits per heavy atom. The van der Waals surface area contributed by atoms with E-state index >= 15 is 0 Å². The highest BCUT2D eigenvalue weighted by Crippen LogP contribution is 2.21. The largest absolute Gasteiger partial charge is 0.380 e. The van der Waals surface area contributed by atoms with E-state index in [1.165, 1.54) is 18.9 Å². The third-order valence-corrected chi connectivity index (χ3v) is 3.85. The SMILES string of the molecule is COC1CCCCC1NCc1ccc(F)c(Cl)c1.